The second-order valence-corrected chi connectivity index (χ2v) is 5.62. The summed E-state index contributed by atoms with van der Waals surface area (Å²) in [5, 5.41) is 5.71. The molecule has 0 spiro atoms. The molecule has 122 valence electrons. The van der Waals surface area contributed by atoms with Crippen molar-refractivity contribution in [1.82, 2.24) is 10.3 Å². The standard InChI is InChI=1S/C17H19F2N3O/c1-11(2)5-7-21-17(23)16-10-13(6-8-20-16)22-12-3-4-14(18)15(19)9-12/h3-4,6,8-11H,5,7H2,1-2H3,(H,20,22)(H,21,23). The number of halogens is 2. The topological polar surface area (TPSA) is 54.0 Å². The predicted octanol–water partition coefficient (Wildman–Crippen LogP) is 3.88. The number of anilines is 2. The van der Waals surface area contributed by atoms with Crippen molar-refractivity contribution in [3.05, 3.63) is 53.9 Å². The van der Waals surface area contributed by atoms with Gasteiger partial charge in [0.2, 0.25) is 0 Å². The van der Waals surface area contributed by atoms with Gasteiger partial charge >= 0.3 is 0 Å². The Hall–Kier alpha value is -2.50. The molecule has 1 aromatic carbocycles. The van der Waals surface area contributed by atoms with Crippen molar-refractivity contribution in [1.29, 1.82) is 0 Å². The minimum absolute atomic E-state index is 0.264. The first-order valence-electron chi connectivity index (χ1n) is 7.42. The molecule has 0 saturated carbocycles. The summed E-state index contributed by atoms with van der Waals surface area (Å²) in [7, 11) is 0. The fourth-order valence-electron chi connectivity index (χ4n) is 1.94. The molecule has 0 radical (unpaired) electrons. The maximum Gasteiger partial charge on any atom is 0.269 e. The molecular weight excluding hydrogens is 300 g/mol. The smallest absolute Gasteiger partial charge is 0.269 e. The van der Waals surface area contributed by atoms with Crippen LogP contribution >= 0.6 is 0 Å². The van der Waals surface area contributed by atoms with Crippen LogP contribution in [0.15, 0.2) is 36.5 Å². The Bertz CT molecular complexity index is 689. The van der Waals surface area contributed by atoms with Gasteiger partial charge in [0.05, 0.1) is 0 Å². The van der Waals surface area contributed by atoms with Gasteiger partial charge in [0, 0.05) is 30.2 Å². The average molecular weight is 319 g/mol. The van der Waals surface area contributed by atoms with Gasteiger partial charge in [0.25, 0.3) is 5.91 Å². The summed E-state index contributed by atoms with van der Waals surface area (Å²) >= 11 is 0. The molecule has 0 aliphatic carbocycles. The van der Waals surface area contributed by atoms with E-state index in [4.69, 9.17) is 0 Å². The minimum atomic E-state index is -0.935. The second kappa shape index (κ2) is 7.67. The van der Waals surface area contributed by atoms with Gasteiger partial charge in [-0.05, 0) is 36.6 Å². The number of hydrogen-bond acceptors (Lipinski definition) is 3. The Kier molecular flexibility index (Phi) is 5.62. The molecule has 6 heteroatoms. The van der Waals surface area contributed by atoms with Gasteiger partial charge in [-0.3, -0.25) is 9.78 Å². The minimum Gasteiger partial charge on any atom is -0.355 e. The normalized spacial score (nSPS) is 10.7. The van der Waals surface area contributed by atoms with E-state index in [0.717, 1.165) is 18.6 Å². The van der Waals surface area contributed by atoms with Crippen LogP contribution in [-0.2, 0) is 0 Å². The van der Waals surface area contributed by atoms with Gasteiger partial charge in [0.15, 0.2) is 11.6 Å². The number of hydrogen-bond donors (Lipinski definition) is 2. The van der Waals surface area contributed by atoms with Crippen molar-refractivity contribution >= 4 is 17.3 Å². The number of pyridine rings is 1. The van der Waals surface area contributed by atoms with E-state index >= 15 is 0 Å². The van der Waals surface area contributed by atoms with Crippen LogP contribution in [0.2, 0.25) is 0 Å². The zero-order chi connectivity index (χ0) is 16.8. The molecule has 0 aliphatic rings. The summed E-state index contributed by atoms with van der Waals surface area (Å²) < 4.78 is 26.1. The first kappa shape index (κ1) is 16.9. The molecule has 2 aromatic rings. The van der Waals surface area contributed by atoms with E-state index in [0.29, 0.717) is 23.8 Å². The Morgan fingerprint density at radius 3 is 2.57 bits per heavy atom. The van der Waals surface area contributed by atoms with Gasteiger partial charge in [-0.25, -0.2) is 8.78 Å². The number of amides is 1. The highest BCUT2D eigenvalue weighted by Crippen LogP contribution is 2.19. The lowest BCUT2D eigenvalue weighted by Crippen LogP contribution is -2.26. The first-order valence-corrected chi connectivity index (χ1v) is 7.42. The third kappa shape index (κ3) is 5.02. The number of rotatable bonds is 6. The van der Waals surface area contributed by atoms with Gasteiger partial charge < -0.3 is 10.6 Å². The summed E-state index contributed by atoms with van der Waals surface area (Å²) in [6, 6.07) is 6.72. The van der Waals surface area contributed by atoms with Crippen LogP contribution in [0.1, 0.15) is 30.8 Å². The molecule has 0 aliphatic heterocycles. The number of carbonyl (C=O) groups excluding carboxylic acids is 1. The van der Waals surface area contributed by atoms with Gasteiger partial charge in [-0.2, -0.15) is 0 Å². The van der Waals surface area contributed by atoms with Gasteiger partial charge in [0.1, 0.15) is 5.69 Å². The van der Waals surface area contributed by atoms with Crippen molar-refractivity contribution in [2.45, 2.75) is 20.3 Å². The SMILES string of the molecule is CC(C)CCNC(=O)c1cc(Nc2ccc(F)c(F)c2)ccn1. The molecule has 2 rings (SSSR count). The molecule has 2 N–H and O–H groups in total. The van der Waals surface area contributed by atoms with E-state index in [-0.39, 0.29) is 11.6 Å². The quantitative estimate of drug-likeness (QED) is 0.849. The molecule has 4 nitrogen and oxygen atoms in total. The monoisotopic (exact) mass is 319 g/mol. The zero-order valence-corrected chi connectivity index (χ0v) is 13.1. The molecule has 1 heterocycles. The fraction of sp³-hybridized carbons (Fsp3) is 0.294. The van der Waals surface area contributed by atoms with Crippen molar-refractivity contribution in [2.75, 3.05) is 11.9 Å². The molecule has 0 saturated heterocycles. The molecule has 1 amide bonds. The van der Waals surface area contributed by atoms with Crippen LogP contribution in [0.3, 0.4) is 0 Å². The summed E-state index contributed by atoms with van der Waals surface area (Å²) in [6.45, 7) is 4.74. The third-order valence-corrected chi connectivity index (χ3v) is 3.21. The van der Waals surface area contributed by atoms with Crippen LogP contribution < -0.4 is 10.6 Å². The number of benzene rings is 1. The fourth-order valence-corrected chi connectivity index (χ4v) is 1.94. The molecule has 0 unspecified atom stereocenters. The predicted molar refractivity (Wildman–Crippen MR) is 85.7 cm³/mol. The Balaban J connectivity index is 2.04. The molecule has 1 aromatic heterocycles. The largest absolute Gasteiger partial charge is 0.355 e. The maximum absolute atomic E-state index is 13.2. The highest BCUT2D eigenvalue weighted by molar-refractivity contribution is 5.93. The van der Waals surface area contributed by atoms with E-state index in [2.05, 4.69) is 29.5 Å². The average Bonchev–Trinajstić information content (AvgIpc) is 2.51. The van der Waals surface area contributed by atoms with Crippen molar-refractivity contribution < 1.29 is 13.6 Å². The van der Waals surface area contributed by atoms with E-state index in [1.807, 2.05) is 0 Å². The number of carbonyl (C=O) groups is 1. The highest BCUT2D eigenvalue weighted by atomic mass is 19.2. The second-order valence-electron chi connectivity index (χ2n) is 5.62. The van der Waals surface area contributed by atoms with Gasteiger partial charge in [-0.1, -0.05) is 13.8 Å². The molecule has 23 heavy (non-hydrogen) atoms. The lowest BCUT2D eigenvalue weighted by atomic mass is 10.1. The molecular formula is C17H19F2N3O. The summed E-state index contributed by atoms with van der Waals surface area (Å²) in [4.78, 5) is 16.0. The van der Waals surface area contributed by atoms with E-state index in [9.17, 15) is 13.6 Å². The Labute approximate surface area is 133 Å². The highest BCUT2D eigenvalue weighted by Gasteiger charge is 2.09. The Morgan fingerprint density at radius 2 is 1.87 bits per heavy atom. The van der Waals surface area contributed by atoms with Crippen LogP contribution in [0.25, 0.3) is 0 Å². The molecule has 0 fully saturated rings. The molecule has 0 atom stereocenters. The lowest BCUT2D eigenvalue weighted by Gasteiger charge is -2.09. The van der Waals surface area contributed by atoms with Crippen molar-refractivity contribution in [2.24, 2.45) is 5.92 Å². The van der Waals surface area contributed by atoms with E-state index < -0.39 is 11.6 Å². The number of nitrogens with zero attached hydrogens (tertiary/aromatic N) is 1. The number of nitrogens with one attached hydrogen (secondary N) is 2. The Morgan fingerprint density at radius 1 is 1.13 bits per heavy atom. The lowest BCUT2D eigenvalue weighted by molar-refractivity contribution is 0.0947. The van der Waals surface area contributed by atoms with E-state index in [1.165, 1.54) is 12.3 Å². The van der Waals surface area contributed by atoms with Crippen LogP contribution in [0, 0.1) is 17.6 Å². The summed E-state index contributed by atoms with van der Waals surface area (Å²) in [5.74, 6) is -1.60. The summed E-state index contributed by atoms with van der Waals surface area (Å²) in [6.07, 6.45) is 2.37. The van der Waals surface area contributed by atoms with Crippen LogP contribution in [0.4, 0.5) is 20.2 Å². The maximum atomic E-state index is 13.2. The first-order chi connectivity index (χ1) is 11.0. The van der Waals surface area contributed by atoms with Crippen molar-refractivity contribution in [3.8, 4) is 0 Å². The van der Waals surface area contributed by atoms with Crippen LogP contribution in [-0.4, -0.2) is 17.4 Å². The number of aromatic nitrogens is 1. The van der Waals surface area contributed by atoms with E-state index in [1.54, 1.807) is 12.1 Å². The molecule has 0 bridgehead atoms. The van der Waals surface area contributed by atoms with Gasteiger partial charge in [-0.15, -0.1) is 0 Å². The van der Waals surface area contributed by atoms with Crippen molar-refractivity contribution in [3.63, 3.8) is 0 Å². The summed E-state index contributed by atoms with van der Waals surface area (Å²) in [5.41, 5.74) is 1.22. The zero-order valence-electron chi connectivity index (χ0n) is 13.1. The third-order valence-electron chi connectivity index (χ3n) is 3.21. The van der Waals surface area contributed by atoms with Crippen LogP contribution in [0.5, 0.6) is 0 Å².